The lowest BCUT2D eigenvalue weighted by Crippen LogP contribution is -2.35. The summed E-state index contributed by atoms with van der Waals surface area (Å²) in [5.74, 6) is -0.588. The van der Waals surface area contributed by atoms with Crippen molar-refractivity contribution in [2.45, 2.75) is 25.3 Å². The van der Waals surface area contributed by atoms with E-state index in [1.807, 2.05) is 0 Å². The topological polar surface area (TPSA) is 113 Å². The molecule has 0 spiro atoms. The van der Waals surface area contributed by atoms with Crippen LogP contribution in [0, 0.1) is 0 Å². The number of benzene rings is 1. The first-order valence-electron chi connectivity index (χ1n) is 6.93. The molecule has 1 aromatic rings. The van der Waals surface area contributed by atoms with Crippen LogP contribution in [0.2, 0.25) is 0 Å². The minimum absolute atomic E-state index is 0.0127. The van der Waals surface area contributed by atoms with E-state index >= 15 is 0 Å². The van der Waals surface area contributed by atoms with Crippen molar-refractivity contribution < 1.29 is 23.1 Å². The van der Waals surface area contributed by atoms with E-state index in [1.165, 1.54) is 12.1 Å². The largest absolute Gasteiger partial charge is 0.508 e. The summed E-state index contributed by atoms with van der Waals surface area (Å²) >= 11 is 0. The summed E-state index contributed by atoms with van der Waals surface area (Å²) in [6.45, 7) is 0. The summed E-state index contributed by atoms with van der Waals surface area (Å²) in [6, 6.07) is 5.76. The number of nitrogens with one attached hydrogen (secondary N) is 2. The number of anilines is 1. The molecule has 120 valence electrons. The molecule has 1 atom stereocenters. The predicted molar refractivity (Wildman–Crippen MR) is 81.2 cm³/mol. The molecule has 22 heavy (non-hydrogen) atoms. The van der Waals surface area contributed by atoms with Crippen LogP contribution in [0.25, 0.3) is 0 Å². The van der Waals surface area contributed by atoms with Gasteiger partial charge in [-0.15, -0.1) is 0 Å². The fourth-order valence-corrected chi connectivity index (χ4v) is 3.92. The monoisotopic (exact) mass is 326 g/mol. The number of phenolic OH excluding ortho intramolecular Hbond substituents is 1. The Morgan fingerprint density at radius 1 is 1.23 bits per heavy atom. The van der Waals surface area contributed by atoms with Crippen molar-refractivity contribution in [3.8, 4) is 5.75 Å². The van der Waals surface area contributed by atoms with Gasteiger partial charge in [0.15, 0.2) is 9.84 Å². The van der Waals surface area contributed by atoms with Crippen molar-refractivity contribution in [2.24, 2.45) is 0 Å². The highest BCUT2D eigenvalue weighted by Gasteiger charge is 2.28. The van der Waals surface area contributed by atoms with Gasteiger partial charge in [0.2, 0.25) is 11.8 Å². The Labute approximate surface area is 128 Å². The quantitative estimate of drug-likeness (QED) is 0.725. The number of phenols is 1. The van der Waals surface area contributed by atoms with Gasteiger partial charge in [-0.25, -0.2) is 8.42 Å². The molecule has 2 amide bonds. The third-order valence-electron chi connectivity index (χ3n) is 3.31. The molecule has 1 aromatic carbocycles. The second-order valence-corrected chi connectivity index (χ2v) is 7.49. The molecule has 0 aromatic heterocycles. The van der Waals surface area contributed by atoms with Gasteiger partial charge in [0, 0.05) is 30.6 Å². The molecule has 3 N–H and O–H groups in total. The fourth-order valence-electron chi connectivity index (χ4n) is 2.24. The Morgan fingerprint density at radius 3 is 2.59 bits per heavy atom. The van der Waals surface area contributed by atoms with Gasteiger partial charge < -0.3 is 15.7 Å². The third-order valence-corrected chi connectivity index (χ3v) is 5.07. The van der Waals surface area contributed by atoms with Crippen LogP contribution in [-0.4, -0.2) is 42.9 Å². The van der Waals surface area contributed by atoms with Crippen LogP contribution in [0.5, 0.6) is 5.75 Å². The number of carbonyl (C=O) groups excluding carboxylic acids is 2. The number of rotatable bonds is 5. The molecular weight excluding hydrogens is 308 g/mol. The molecule has 0 saturated carbocycles. The molecule has 0 radical (unpaired) electrons. The zero-order valence-electron chi connectivity index (χ0n) is 11.9. The van der Waals surface area contributed by atoms with Crippen molar-refractivity contribution in [2.75, 3.05) is 16.8 Å². The van der Waals surface area contributed by atoms with Gasteiger partial charge in [-0.3, -0.25) is 9.59 Å². The van der Waals surface area contributed by atoms with Crippen LogP contribution in [0.4, 0.5) is 5.69 Å². The lowest BCUT2D eigenvalue weighted by molar-refractivity contribution is -0.124. The second-order valence-electron chi connectivity index (χ2n) is 5.27. The second kappa shape index (κ2) is 6.78. The first-order chi connectivity index (χ1) is 10.3. The molecule has 1 fully saturated rings. The van der Waals surface area contributed by atoms with E-state index in [1.54, 1.807) is 12.1 Å². The normalized spacial score (nSPS) is 19.5. The van der Waals surface area contributed by atoms with E-state index in [4.69, 9.17) is 0 Å². The average Bonchev–Trinajstić information content (AvgIpc) is 2.75. The van der Waals surface area contributed by atoms with Crippen molar-refractivity contribution in [1.29, 1.82) is 0 Å². The van der Waals surface area contributed by atoms with E-state index < -0.39 is 9.84 Å². The van der Waals surface area contributed by atoms with Crippen molar-refractivity contribution in [3.05, 3.63) is 24.3 Å². The highest BCUT2D eigenvalue weighted by Crippen LogP contribution is 2.15. The Morgan fingerprint density at radius 2 is 1.95 bits per heavy atom. The molecule has 1 heterocycles. The van der Waals surface area contributed by atoms with Crippen molar-refractivity contribution in [1.82, 2.24) is 5.32 Å². The SMILES string of the molecule is O=C(CCC(=O)NC1CCS(=O)(=O)C1)Nc1cccc(O)c1. The summed E-state index contributed by atoms with van der Waals surface area (Å²) in [7, 11) is -3.03. The maximum atomic E-state index is 11.7. The smallest absolute Gasteiger partial charge is 0.224 e. The number of aromatic hydroxyl groups is 1. The number of sulfone groups is 1. The summed E-state index contributed by atoms with van der Waals surface area (Å²) in [5.41, 5.74) is 0.451. The standard InChI is InChI=1S/C14H18N2O5S/c17-12-3-1-2-10(8-12)15-13(18)4-5-14(19)16-11-6-7-22(20,21)9-11/h1-3,8,11,17H,4-7,9H2,(H,15,18)(H,16,19). The van der Waals surface area contributed by atoms with Gasteiger partial charge >= 0.3 is 0 Å². The fraction of sp³-hybridized carbons (Fsp3) is 0.429. The van der Waals surface area contributed by atoms with Gasteiger partial charge in [0.05, 0.1) is 11.5 Å². The lowest BCUT2D eigenvalue weighted by atomic mass is 10.2. The van der Waals surface area contributed by atoms with E-state index in [2.05, 4.69) is 10.6 Å². The number of carbonyl (C=O) groups is 2. The molecule has 1 aliphatic heterocycles. The van der Waals surface area contributed by atoms with Crippen LogP contribution in [0.15, 0.2) is 24.3 Å². The number of amides is 2. The minimum Gasteiger partial charge on any atom is -0.508 e. The molecule has 0 aliphatic carbocycles. The van der Waals surface area contributed by atoms with Gasteiger partial charge in [-0.05, 0) is 18.6 Å². The maximum Gasteiger partial charge on any atom is 0.224 e. The third kappa shape index (κ3) is 5.03. The molecule has 7 nitrogen and oxygen atoms in total. The first kappa shape index (κ1) is 16.3. The minimum atomic E-state index is -3.03. The van der Waals surface area contributed by atoms with Crippen LogP contribution in [0.1, 0.15) is 19.3 Å². The Hall–Kier alpha value is -2.09. The average molecular weight is 326 g/mol. The Balaban J connectivity index is 1.73. The summed E-state index contributed by atoms with van der Waals surface area (Å²) < 4.78 is 22.6. The van der Waals surface area contributed by atoms with Crippen LogP contribution in [-0.2, 0) is 19.4 Å². The lowest BCUT2D eigenvalue weighted by Gasteiger charge is -2.10. The molecule has 1 unspecified atom stereocenters. The predicted octanol–water partition coefficient (Wildman–Crippen LogP) is 0.414. The van der Waals surface area contributed by atoms with E-state index in [-0.39, 0.29) is 48.0 Å². The van der Waals surface area contributed by atoms with Crippen LogP contribution in [0.3, 0.4) is 0 Å². The van der Waals surface area contributed by atoms with Gasteiger partial charge in [0.1, 0.15) is 5.75 Å². The Bertz CT molecular complexity index is 672. The molecule has 0 bridgehead atoms. The van der Waals surface area contributed by atoms with Crippen LogP contribution >= 0.6 is 0 Å². The maximum absolute atomic E-state index is 11.7. The van der Waals surface area contributed by atoms with E-state index in [0.717, 1.165) is 0 Å². The van der Waals surface area contributed by atoms with Crippen molar-refractivity contribution in [3.63, 3.8) is 0 Å². The molecule has 8 heteroatoms. The van der Waals surface area contributed by atoms with E-state index in [0.29, 0.717) is 12.1 Å². The molecular formula is C14H18N2O5S. The number of hydrogen-bond acceptors (Lipinski definition) is 5. The van der Waals surface area contributed by atoms with Crippen molar-refractivity contribution >= 4 is 27.3 Å². The molecule has 1 saturated heterocycles. The molecule has 1 aliphatic rings. The van der Waals surface area contributed by atoms with Gasteiger partial charge in [-0.1, -0.05) is 6.07 Å². The van der Waals surface area contributed by atoms with Gasteiger partial charge in [0.25, 0.3) is 0 Å². The summed E-state index contributed by atoms with van der Waals surface area (Å²) in [4.78, 5) is 23.4. The number of hydrogen-bond donors (Lipinski definition) is 3. The van der Waals surface area contributed by atoms with Gasteiger partial charge in [-0.2, -0.15) is 0 Å². The summed E-state index contributed by atoms with van der Waals surface area (Å²) in [5, 5.41) is 14.5. The molecule has 2 rings (SSSR count). The highest BCUT2D eigenvalue weighted by atomic mass is 32.2. The van der Waals surface area contributed by atoms with E-state index in [9.17, 15) is 23.1 Å². The van der Waals surface area contributed by atoms with Crippen LogP contribution < -0.4 is 10.6 Å². The first-order valence-corrected chi connectivity index (χ1v) is 8.75. The summed E-state index contributed by atoms with van der Waals surface area (Å²) in [6.07, 6.45) is 0.395. The highest BCUT2D eigenvalue weighted by molar-refractivity contribution is 7.91. The zero-order chi connectivity index (χ0) is 16.2. The Kier molecular flexibility index (Phi) is 5.02. The zero-order valence-corrected chi connectivity index (χ0v) is 12.7.